The van der Waals surface area contributed by atoms with Gasteiger partial charge in [0, 0.05) is 17.7 Å². The summed E-state index contributed by atoms with van der Waals surface area (Å²) in [4.78, 5) is 18.4. The van der Waals surface area contributed by atoms with Gasteiger partial charge >= 0.3 is 6.18 Å². The average Bonchev–Trinajstić information content (AvgIpc) is 3.49. The van der Waals surface area contributed by atoms with Gasteiger partial charge in [-0.1, -0.05) is 17.4 Å². The number of benzene rings is 1. The Bertz CT molecular complexity index is 1380. The number of carbonyl (C=O) groups is 1. The predicted octanol–water partition coefficient (Wildman–Crippen LogP) is 4.58. The lowest BCUT2D eigenvalue weighted by atomic mass is 9.90. The van der Waals surface area contributed by atoms with Gasteiger partial charge in [0.05, 0.1) is 37.1 Å². The Labute approximate surface area is 209 Å². The molecular weight excluding hydrogens is 492 g/mol. The highest BCUT2D eigenvalue weighted by Gasteiger charge is 2.44. The van der Waals surface area contributed by atoms with Gasteiger partial charge < -0.3 is 14.2 Å². The van der Waals surface area contributed by atoms with Crippen LogP contribution in [0.4, 0.5) is 17.6 Å². The Balaban J connectivity index is 1.45. The highest BCUT2D eigenvalue weighted by atomic mass is 19.4. The number of likely N-dealkylation sites (tertiary alicyclic amines) is 1. The van der Waals surface area contributed by atoms with Crippen molar-refractivity contribution in [3.05, 3.63) is 66.7 Å². The Morgan fingerprint density at radius 1 is 1.19 bits per heavy atom. The lowest BCUT2D eigenvalue weighted by Crippen LogP contribution is -2.48. The standard InChI is InChI=1S/C25H24F4N6O2/c1-15-11-33(14-30-15)21-6-3-16(10-23(21)37-2)19-12-35(32-31-19)22-7-4-17-9-18(26)5-8-20(17)34(24(22)36)13-25(27,28)29/h3,5-6,8-12,14,17,20,22H,4,7,13H2,1-2H3/t17?,20?,22-/m1/s1. The number of fused-ring (bicyclic) bond motifs is 1. The van der Waals surface area contributed by atoms with Gasteiger partial charge in [0.25, 0.3) is 0 Å². The first-order chi connectivity index (χ1) is 17.6. The number of hydrogen-bond donors (Lipinski definition) is 0. The SMILES string of the molecule is COc1cc(-c2cn([C@@H]3CCC4C=C(F)C=CC4N(CC(F)(F)F)C3=O)nn2)ccc1-n1cnc(C)c1. The summed E-state index contributed by atoms with van der Waals surface area (Å²) in [5.41, 5.74) is 2.68. The number of aryl methyl sites for hydroxylation is 1. The van der Waals surface area contributed by atoms with Crippen LogP contribution in [0.1, 0.15) is 24.6 Å². The van der Waals surface area contributed by atoms with Crippen molar-refractivity contribution in [2.45, 2.75) is 38.0 Å². The normalized spacial score (nSPS) is 22.0. The first kappa shape index (κ1) is 24.7. The van der Waals surface area contributed by atoms with Crippen molar-refractivity contribution < 1.29 is 27.1 Å². The molecule has 0 spiro atoms. The fraction of sp³-hybridized carbons (Fsp3) is 0.360. The van der Waals surface area contributed by atoms with Gasteiger partial charge in [0.15, 0.2) is 0 Å². The Hall–Kier alpha value is -3.96. The van der Waals surface area contributed by atoms with Crippen molar-refractivity contribution in [2.24, 2.45) is 5.92 Å². The zero-order valence-electron chi connectivity index (χ0n) is 20.1. The fourth-order valence-corrected chi connectivity index (χ4v) is 4.88. The Morgan fingerprint density at radius 3 is 2.70 bits per heavy atom. The van der Waals surface area contributed by atoms with Gasteiger partial charge in [0.2, 0.25) is 5.91 Å². The van der Waals surface area contributed by atoms with Crippen molar-refractivity contribution in [1.29, 1.82) is 0 Å². The van der Waals surface area contributed by atoms with Crippen molar-refractivity contribution >= 4 is 5.91 Å². The molecular formula is C25H24F4N6O2. The smallest absolute Gasteiger partial charge is 0.406 e. The summed E-state index contributed by atoms with van der Waals surface area (Å²) >= 11 is 0. The number of imidazole rings is 1. The predicted molar refractivity (Wildman–Crippen MR) is 126 cm³/mol. The largest absolute Gasteiger partial charge is 0.495 e. The highest BCUT2D eigenvalue weighted by molar-refractivity contribution is 5.81. The monoisotopic (exact) mass is 516 g/mol. The number of nitrogens with zero attached hydrogens (tertiary/aromatic N) is 6. The number of allylic oxidation sites excluding steroid dienone is 2. The van der Waals surface area contributed by atoms with Crippen molar-refractivity contribution in [3.8, 4) is 22.7 Å². The van der Waals surface area contributed by atoms with Gasteiger partial charge in [-0.2, -0.15) is 13.2 Å². The summed E-state index contributed by atoms with van der Waals surface area (Å²) in [5, 5.41) is 8.26. The molecule has 1 aliphatic heterocycles. The molecule has 8 nitrogen and oxygen atoms in total. The molecule has 3 heterocycles. The lowest BCUT2D eigenvalue weighted by Gasteiger charge is -2.34. The van der Waals surface area contributed by atoms with Crippen LogP contribution in [0, 0.1) is 12.8 Å². The third-order valence-corrected chi connectivity index (χ3v) is 6.61. The number of hydrogen-bond acceptors (Lipinski definition) is 5. The van der Waals surface area contributed by atoms with Crippen LogP contribution in [0.2, 0.25) is 0 Å². The molecule has 2 aromatic heterocycles. The number of aromatic nitrogens is 5. The van der Waals surface area contributed by atoms with E-state index >= 15 is 0 Å². The first-order valence-electron chi connectivity index (χ1n) is 11.7. The van der Waals surface area contributed by atoms with E-state index in [1.54, 1.807) is 18.5 Å². The molecule has 3 aromatic rings. The van der Waals surface area contributed by atoms with E-state index in [4.69, 9.17) is 4.74 Å². The van der Waals surface area contributed by atoms with E-state index in [-0.39, 0.29) is 6.42 Å². The number of ether oxygens (including phenoxy) is 1. The maximum Gasteiger partial charge on any atom is 0.406 e. The van der Waals surface area contributed by atoms with Crippen LogP contribution in [0.15, 0.2) is 61.0 Å². The molecule has 3 atom stereocenters. The number of methoxy groups -OCH3 is 1. The molecule has 0 saturated carbocycles. The fourth-order valence-electron chi connectivity index (χ4n) is 4.88. The van der Waals surface area contributed by atoms with Crippen LogP contribution >= 0.6 is 0 Å². The quantitative estimate of drug-likeness (QED) is 0.464. The van der Waals surface area contributed by atoms with Crippen LogP contribution < -0.4 is 4.74 Å². The molecule has 0 bridgehead atoms. The van der Waals surface area contributed by atoms with Crippen LogP contribution in [-0.2, 0) is 4.79 Å². The van der Waals surface area contributed by atoms with E-state index in [0.717, 1.165) is 22.4 Å². The average molecular weight is 516 g/mol. The molecule has 194 valence electrons. The summed E-state index contributed by atoms with van der Waals surface area (Å²) in [6.45, 7) is 0.440. The number of carbonyl (C=O) groups excluding carboxylic acids is 1. The summed E-state index contributed by atoms with van der Waals surface area (Å²) in [6, 6.07) is 3.50. The zero-order valence-corrected chi connectivity index (χ0v) is 20.1. The van der Waals surface area contributed by atoms with Crippen LogP contribution in [0.25, 0.3) is 16.9 Å². The summed E-state index contributed by atoms with van der Waals surface area (Å²) in [6.07, 6.45) is 4.67. The third kappa shape index (κ3) is 5.00. The molecule has 0 N–H and O–H groups in total. The van der Waals surface area contributed by atoms with Gasteiger partial charge in [0.1, 0.15) is 29.9 Å². The number of rotatable bonds is 5. The molecule has 12 heteroatoms. The molecule has 1 aromatic carbocycles. The van der Waals surface area contributed by atoms with Gasteiger partial charge in [-0.15, -0.1) is 5.10 Å². The van der Waals surface area contributed by atoms with Crippen molar-refractivity contribution in [1.82, 2.24) is 29.4 Å². The van der Waals surface area contributed by atoms with E-state index in [9.17, 15) is 22.4 Å². The second-order valence-corrected chi connectivity index (χ2v) is 9.13. The van der Waals surface area contributed by atoms with Crippen LogP contribution in [0.3, 0.4) is 0 Å². The second kappa shape index (κ2) is 9.49. The Kier molecular flexibility index (Phi) is 6.34. The summed E-state index contributed by atoms with van der Waals surface area (Å²) in [5.74, 6) is -1.26. The van der Waals surface area contributed by atoms with Crippen molar-refractivity contribution in [3.63, 3.8) is 0 Å². The molecule has 5 rings (SSSR count). The van der Waals surface area contributed by atoms with Crippen LogP contribution in [-0.4, -0.2) is 61.2 Å². The first-order valence-corrected chi connectivity index (χ1v) is 11.7. The summed E-state index contributed by atoms with van der Waals surface area (Å²) < 4.78 is 62.7. The van der Waals surface area contributed by atoms with Gasteiger partial charge in [-0.3, -0.25) is 4.79 Å². The van der Waals surface area contributed by atoms with Crippen molar-refractivity contribution in [2.75, 3.05) is 13.7 Å². The zero-order chi connectivity index (χ0) is 26.3. The van der Waals surface area contributed by atoms with E-state index in [1.165, 1.54) is 30.1 Å². The number of amides is 1. The molecule has 1 saturated heterocycles. The highest BCUT2D eigenvalue weighted by Crippen LogP contribution is 2.36. The molecule has 2 unspecified atom stereocenters. The number of halogens is 4. The number of alkyl halides is 3. The van der Waals surface area contributed by atoms with Crippen LogP contribution in [0.5, 0.6) is 5.75 Å². The molecule has 1 amide bonds. The van der Waals surface area contributed by atoms with Gasteiger partial charge in [-0.25, -0.2) is 14.1 Å². The van der Waals surface area contributed by atoms with E-state index in [0.29, 0.717) is 23.4 Å². The minimum Gasteiger partial charge on any atom is -0.495 e. The molecule has 1 fully saturated rings. The van der Waals surface area contributed by atoms with Gasteiger partial charge in [-0.05, 0) is 44.1 Å². The molecule has 2 aliphatic rings. The van der Waals surface area contributed by atoms with E-state index < -0.39 is 42.5 Å². The molecule has 0 radical (unpaired) electrons. The topological polar surface area (TPSA) is 78.1 Å². The minimum absolute atomic E-state index is 0.191. The van der Waals surface area contributed by atoms with E-state index in [2.05, 4.69) is 15.3 Å². The molecule has 37 heavy (non-hydrogen) atoms. The third-order valence-electron chi connectivity index (χ3n) is 6.61. The minimum atomic E-state index is -4.61. The van der Waals surface area contributed by atoms with E-state index in [1.807, 2.05) is 23.8 Å². The summed E-state index contributed by atoms with van der Waals surface area (Å²) in [7, 11) is 1.54. The molecule has 1 aliphatic carbocycles. The maximum atomic E-state index is 13.9. The second-order valence-electron chi connectivity index (χ2n) is 9.13. The maximum absolute atomic E-state index is 13.9. The lowest BCUT2D eigenvalue weighted by molar-refractivity contribution is -0.166. The Morgan fingerprint density at radius 2 is 2.00 bits per heavy atom.